The Labute approximate surface area is 255 Å². The number of nitrogens with two attached hydrogens (primary N) is 1. The number of carbonyl (C=O) groups excluding carboxylic acids is 1. The number of benzene rings is 2. The van der Waals surface area contributed by atoms with Crippen molar-refractivity contribution >= 4 is 16.1 Å². The highest BCUT2D eigenvalue weighted by atomic mass is 32.2. The van der Waals surface area contributed by atoms with Gasteiger partial charge >= 0.3 is 6.03 Å². The van der Waals surface area contributed by atoms with Gasteiger partial charge in [0.2, 0.25) is 10.0 Å². The van der Waals surface area contributed by atoms with Gasteiger partial charge in [0.25, 0.3) is 0 Å². The van der Waals surface area contributed by atoms with Crippen LogP contribution in [-0.4, -0.2) is 88.8 Å². The van der Waals surface area contributed by atoms with Gasteiger partial charge in [0.15, 0.2) is 0 Å². The summed E-state index contributed by atoms with van der Waals surface area (Å²) in [6.07, 6.45) is 0.548. The monoisotopic (exact) mass is 612 g/mol. The van der Waals surface area contributed by atoms with E-state index in [2.05, 4.69) is 4.57 Å². The van der Waals surface area contributed by atoms with Gasteiger partial charge in [0, 0.05) is 51.0 Å². The Morgan fingerprint density at radius 2 is 1.58 bits per heavy atom. The van der Waals surface area contributed by atoms with Crippen LogP contribution in [0.1, 0.15) is 52.0 Å². The van der Waals surface area contributed by atoms with Crippen LogP contribution in [0, 0.1) is 5.41 Å². The number of amides is 2. The van der Waals surface area contributed by atoms with Gasteiger partial charge in [-0.15, -0.1) is 0 Å². The molecule has 0 bridgehead atoms. The Kier molecular flexibility index (Phi) is 10.3. The summed E-state index contributed by atoms with van der Waals surface area (Å²) in [4.78, 5) is 22.6. The number of nitrogens with zero attached hydrogens (tertiary/aromatic N) is 5. The molecule has 2 atom stereocenters. The topological polar surface area (TPSA) is 105 Å². The maximum atomic E-state index is 15.1. The molecule has 2 heterocycles. The van der Waals surface area contributed by atoms with Gasteiger partial charge in [0.05, 0.1) is 23.5 Å². The van der Waals surface area contributed by atoms with Gasteiger partial charge in [-0.2, -0.15) is 4.31 Å². The smallest absolute Gasteiger partial charge is 0.320 e. The number of aromatic nitrogens is 2. The Bertz CT molecular complexity index is 1450. The van der Waals surface area contributed by atoms with Crippen molar-refractivity contribution in [2.75, 3.05) is 39.3 Å². The van der Waals surface area contributed by atoms with Gasteiger partial charge in [-0.3, -0.25) is 0 Å². The van der Waals surface area contributed by atoms with Crippen molar-refractivity contribution < 1.29 is 17.6 Å². The van der Waals surface area contributed by atoms with Crippen molar-refractivity contribution in [3.05, 3.63) is 78.2 Å². The van der Waals surface area contributed by atoms with Crippen LogP contribution < -0.4 is 5.73 Å². The zero-order chi connectivity index (χ0) is 31.4. The standard InChI is InChI=1S/C32H45FN6O3S/c1-24(2)43(41,42)38-18-16-36(17-19-38)31(40)39(22-27(33)20-34)29(32(3,4)5)30-35-28(26-14-10-7-11-15-26)23-37(30)21-25-12-8-6-9-13-25/h6-15,23-24,27,29H,16-22,34H2,1-5H3/t27-,29-/m0/s1. The van der Waals surface area contributed by atoms with Crippen LogP contribution in [-0.2, 0) is 16.6 Å². The molecule has 0 saturated carbocycles. The van der Waals surface area contributed by atoms with E-state index in [0.29, 0.717) is 12.4 Å². The molecule has 4 rings (SSSR count). The van der Waals surface area contributed by atoms with Crippen molar-refractivity contribution in [1.82, 2.24) is 23.7 Å². The zero-order valence-electron chi connectivity index (χ0n) is 25.9. The number of hydrogen-bond acceptors (Lipinski definition) is 5. The van der Waals surface area contributed by atoms with Gasteiger partial charge in [0.1, 0.15) is 12.0 Å². The second-order valence-electron chi connectivity index (χ2n) is 12.5. The molecule has 11 heteroatoms. The zero-order valence-corrected chi connectivity index (χ0v) is 26.7. The number of sulfonamides is 1. The van der Waals surface area contributed by atoms with Gasteiger partial charge in [-0.05, 0) is 24.8 Å². The largest absolute Gasteiger partial charge is 0.328 e. The first-order valence-electron chi connectivity index (χ1n) is 14.9. The fourth-order valence-corrected chi connectivity index (χ4v) is 6.76. The van der Waals surface area contributed by atoms with Crippen molar-refractivity contribution in [2.24, 2.45) is 11.1 Å². The van der Waals surface area contributed by atoms with E-state index in [9.17, 15) is 13.2 Å². The molecular formula is C32H45FN6O3S. The minimum atomic E-state index is -3.44. The van der Waals surface area contributed by atoms with E-state index < -0.39 is 32.9 Å². The summed E-state index contributed by atoms with van der Waals surface area (Å²) >= 11 is 0. The predicted molar refractivity (Wildman–Crippen MR) is 169 cm³/mol. The fraction of sp³-hybridized carbons (Fsp3) is 0.500. The van der Waals surface area contributed by atoms with E-state index >= 15 is 4.39 Å². The van der Waals surface area contributed by atoms with Crippen LogP contribution in [0.5, 0.6) is 0 Å². The second kappa shape index (κ2) is 13.6. The van der Waals surface area contributed by atoms with E-state index in [-0.39, 0.29) is 45.3 Å². The van der Waals surface area contributed by atoms with Crippen LogP contribution in [0.15, 0.2) is 66.9 Å². The number of alkyl halides is 1. The number of urea groups is 1. The first-order valence-corrected chi connectivity index (χ1v) is 16.4. The normalized spacial score (nSPS) is 16.3. The summed E-state index contributed by atoms with van der Waals surface area (Å²) in [5.74, 6) is 0.647. The molecule has 1 aliphatic rings. The van der Waals surface area contributed by atoms with Crippen molar-refractivity contribution in [3.8, 4) is 11.3 Å². The minimum Gasteiger partial charge on any atom is -0.328 e. The van der Waals surface area contributed by atoms with Crippen molar-refractivity contribution in [3.63, 3.8) is 0 Å². The molecule has 2 aromatic carbocycles. The quantitative estimate of drug-likeness (QED) is 0.356. The molecule has 1 saturated heterocycles. The average Bonchev–Trinajstić information content (AvgIpc) is 3.39. The van der Waals surface area contributed by atoms with Crippen LogP contribution in [0.25, 0.3) is 11.3 Å². The third-order valence-electron chi connectivity index (χ3n) is 7.81. The van der Waals surface area contributed by atoms with E-state index in [1.165, 1.54) is 4.31 Å². The summed E-state index contributed by atoms with van der Waals surface area (Å²) in [6, 6.07) is 18.9. The highest BCUT2D eigenvalue weighted by Crippen LogP contribution is 2.40. The molecule has 43 heavy (non-hydrogen) atoms. The Hall–Kier alpha value is -3.28. The third-order valence-corrected chi connectivity index (χ3v) is 10.1. The number of hydrogen-bond donors (Lipinski definition) is 1. The Morgan fingerprint density at radius 1 is 1.00 bits per heavy atom. The summed E-state index contributed by atoms with van der Waals surface area (Å²) in [5.41, 5.74) is 7.96. The van der Waals surface area contributed by atoms with E-state index in [1.807, 2.05) is 87.6 Å². The predicted octanol–water partition coefficient (Wildman–Crippen LogP) is 4.76. The number of rotatable bonds is 10. The SMILES string of the molecule is CC(C)S(=O)(=O)N1CCN(C(=O)N(C[C@@H](F)CN)[C@@H](c2nc(-c3ccccc3)cn2Cc2ccccc2)C(C)(C)C)CC1. The first-order chi connectivity index (χ1) is 20.3. The number of piperazine rings is 1. The molecule has 0 spiro atoms. The van der Waals surface area contributed by atoms with E-state index in [1.54, 1.807) is 23.6 Å². The van der Waals surface area contributed by atoms with Crippen LogP contribution in [0.2, 0.25) is 0 Å². The molecule has 1 aromatic heterocycles. The van der Waals surface area contributed by atoms with Crippen LogP contribution >= 0.6 is 0 Å². The summed E-state index contributed by atoms with van der Waals surface area (Å²) in [7, 11) is -3.44. The maximum Gasteiger partial charge on any atom is 0.320 e. The highest BCUT2D eigenvalue weighted by molar-refractivity contribution is 7.89. The molecule has 9 nitrogen and oxygen atoms in total. The molecule has 2 N–H and O–H groups in total. The highest BCUT2D eigenvalue weighted by Gasteiger charge is 2.42. The van der Waals surface area contributed by atoms with Gasteiger partial charge < -0.3 is 20.1 Å². The Balaban J connectivity index is 1.76. The number of halogens is 1. The van der Waals surface area contributed by atoms with Crippen molar-refractivity contribution in [1.29, 1.82) is 0 Å². The van der Waals surface area contributed by atoms with Crippen molar-refractivity contribution in [2.45, 2.75) is 58.6 Å². The molecule has 3 aromatic rings. The summed E-state index contributed by atoms with van der Waals surface area (Å²) in [6.45, 7) is 10.3. The second-order valence-corrected chi connectivity index (χ2v) is 15.0. The number of carbonyl (C=O) groups is 1. The lowest BCUT2D eigenvalue weighted by Gasteiger charge is -2.44. The molecule has 1 aliphatic heterocycles. The van der Waals surface area contributed by atoms with E-state index in [4.69, 9.17) is 10.7 Å². The molecule has 2 amide bonds. The maximum absolute atomic E-state index is 15.1. The van der Waals surface area contributed by atoms with Gasteiger partial charge in [-0.1, -0.05) is 81.4 Å². The first kappa shape index (κ1) is 32.6. The molecule has 234 valence electrons. The summed E-state index contributed by atoms with van der Waals surface area (Å²) in [5, 5.41) is -0.546. The van der Waals surface area contributed by atoms with Gasteiger partial charge in [-0.25, -0.2) is 22.6 Å². The van der Waals surface area contributed by atoms with Crippen LogP contribution in [0.4, 0.5) is 9.18 Å². The molecule has 0 aliphatic carbocycles. The molecule has 1 fully saturated rings. The molecule has 0 radical (unpaired) electrons. The molecular weight excluding hydrogens is 567 g/mol. The number of imidazole rings is 1. The van der Waals surface area contributed by atoms with E-state index in [0.717, 1.165) is 16.8 Å². The van der Waals surface area contributed by atoms with Crippen LogP contribution in [0.3, 0.4) is 0 Å². The lowest BCUT2D eigenvalue weighted by Crippen LogP contribution is -2.57. The lowest BCUT2D eigenvalue weighted by molar-refractivity contribution is 0.0615. The Morgan fingerprint density at radius 3 is 2.12 bits per heavy atom. The summed E-state index contributed by atoms with van der Waals surface area (Å²) < 4.78 is 44.1. The fourth-order valence-electron chi connectivity index (χ4n) is 5.49. The minimum absolute atomic E-state index is 0.191. The lowest BCUT2D eigenvalue weighted by atomic mass is 9.84. The average molecular weight is 613 g/mol. The third kappa shape index (κ3) is 7.63. The molecule has 0 unspecified atom stereocenters.